The molecule has 11 heteroatoms. The molecule has 0 aliphatic carbocycles. The summed E-state index contributed by atoms with van der Waals surface area (Å²) < 4.78 is 49.2. The van der Waals surface area contributed by atoms with Crippen LogP contribution in [0.4, 0.5) is 0 Å². The van der Waals surface area contributed by atoms with Gasteiger partial charge in [0.15, 0.2) is 0 Å². The average molecular weight is 433 g/mol. The fourth-order valence-corrected chi connectivity index (χ4v) is 4.52. The van der Waals surface area contributed by atoms with E-state index in [9.17, 15) is 21.6 Å². The van der Waals surface area contributed by atoms with Crippen LogP contribution in [-0.2, 0) is 24.8 Å². The van der Waals surface area contributed by atoms with Gasteiger partial charge in [0.25, 0.3) is 0 Å². The van der Waals surface area contributed by atoms with Crippen LogP contribution in [0.25, 0.3) is 0 Å². The largest absolute Gasteiger partial charge is 0.340 e. The Bertz CT molecular complexity index is 907. The topological polar surface area (TPSA) is 130 Å². The van der Waals surface area contributed by atoms with Gasteiger partial charge in [0, 0.05) is 45.7 Å². The molecule has 1 saturated heterocycles. The van der Waals surface area contributed by atoms with Crippen LogP contribution >= 0.6 is 0 Å². The van der Waals surface area contributed by atoms with E-state index in [0.29, 0.717) is 32.7 Å². The van der Waals surface area contributed by atoms with Gasteiger partial charge in [0.05, 0.1) is 10.6 Å². The van der Waals surface area contributed by atoms with Crippen LogP contribution < -0.4 is 9.86 Å². The number of primary sulfonamides is 1. The third-order valence-electron chi connectivity index (χ3n) is 4.84. The van der Waals surface area contributed by atoms with Gasteiger partial charge in [-0.2, -0.15) is 0 Å². The molecule has 1 aromatic carbocycles. The Morgan fingerprint density at radius 2 is 1.71 bits per heavy atom. The smallest absolute Gasteiger partial charge is 0.240 e. The van der Waals surface area contributed by atoms with Crippen molar-refractivity contribution in [2.45, 2.75) is 25.2 Å². The van der Waals surface area contributed by atoms with Crippen molar-refractivity contribution in [2.24, 2.45) is 5.14 Å². The summed E-state index contributed by atoms with van der Waals surface area (Å²) in [6.07, 6.45) is 0.0707. The second-order valence-corrected chi connectivity index (χ2v) is 10.5. The summed E-state index contributed by atoms with van der Waals surface area (Å²) in [5.74, 6) is -0.241. The van der Waals surface area contributed by atoms with Crippen molar-refractivity contribution >= 4 is 26.0 Å². The van der Waals surface area contributed by atoms with Crippen molar-refractivity contribution in [2.75, 3.05) is 45.0 Å². The Hall–Kier alpha value is -1.53. The van der Waals surface area contributed by atoms with Crippen LogP contribution in [0.3, 0.4) is 0 Å². The lowest BCUT2D eigenvalue weighted by Crippen LogP contribution is -2.50. The zero-order valence-electron chi connectivity index (χ0n) is 16.2. The zero-order chi connectivity index (χ0) is 20.9. The Kier molecular flexibility index (Phi) is 7.57. The molecule has 1 aromatic rings. The maximum absolute atomic E-state index is 12.3. The number of piperazine rings is 1. The molecule has 1 fully saturated rings. The minimum Gasteiger partial charge on any atom is -0.340 e. The van der Waals surface area contributed by atoms with Crippen molar-refractivity contribution in [1.29, 1.82) is 0 Å². The summed E-state index contributed by atoms with van der Waals surface area (Å²) in [5, 5.41) is 5.00. The molecular weight excluding hydrogens is 404 g/mol. The van der Waals surface area contributed by atoms with Gasteiger partial charge in [-0.25, -0.2) is 26.7 Å². The normalized spacial score (nSPS) is 16.3. The van der Waals surface area contributed by atoms with Crippen LogP contribution in [0.5, 0.6) is 0 Å². The van der Waals surface area contributed by atoms with E-state index in [4.69, 9.17) is 5.14 Å². The Morgan fingerprint density at radius 3 is 2.29 bits per heavy atom. The van der Waals surface area contributed by atoms with E-state index in [1.807, 2.05) is 18.7 Å². The highest BCUT2D eigenvalue weighted by Crippen LogP contribution is 2.14. The van der Waals surface area contributed by atoms with Gasteiger partial charge in [-0.3, -0.25) is 9.69 Å². The molecule has 1 heterocycles. The zero-order valence-corrected chi connectivity index (χ0v) is 17.9. The van der Waals surface area contributed by atoms with Gasteiger partial charge in [0.2, 0.25) is 26.0 Å². The molecule has 1 amide bonds. The molecule has 3 N–H and O–H groups in total. The number of carbonyl (C=O) groups is 1. The molecular formula is C17H28N4O5S2. The first-order chi connectivity index (χ1) is 13.0. The molecule has 28 heavy (non-hydrogen) atoms. The highest BCUT2D eigenvalue weighted by atomic mass is 32.2. The molecule has 0 radical (unpaired) electrons. The van der Waals surface area contributed by atoms with E-state index in [-0.39, 0.29) is 29.5 Å². The molecule has 158 valence electrons. The van der Waals surface area contributed by atoms with Crippen molar-refractivity contribution in [3.63, 3.8) is 0 Å². The van der Waals surface area contributed by atoms with Crippen LogP contribution in [0.1, 0.15) is 17.5 Å². The minimum atomic E-state index is -3.65. The van der Waals surface area contributed by atoms with E-state index in [0.717, 1.165) is 11.1 Å². The van der Waals surface area contributed by atoms with E-state index in [1.165, 1.54) is 0 Å². The van der Waals surface area contributed by atoms with Crippen LogP contribution in [0.15, 0.2) is 23.1 Å². The van der Waals surface area contributed by atoms with Gasteiger partial charge in [-0.05, 0) is 37.1 Å². The Labute approximate surface area is 167 Å². The molecule has 2 rings (SSSR count). The first kappa shape index (κ1) is 22.8. The fourth-order valence-electron chi connectivity index (χ4n) is 2.89. The third kappa shape index (κ3) is 6.82. The maximum Gasteiger partial charge on any atom is 0.240 e. The van der Waals surface area contributed by atoms with Crippen molar-refractivity contribution < 1.29 is 21.6 Å². The summed E-state index contributed by atoms with van der Waals surface area (Å²) in [7, 11) is -7.15. The molecule has 0 saturated carbocycles. The van der Waals surface area contributed by atoms with E-state index < -0.39 is 20.0 Å². The highest BCUT2D eigenvalue weighted by molar-refractivity contribution is 7.89. The van der Waals surface area contributed by atoms with Crippen LogP contribution in [0, 0.1) is 13.8 Å². The number of benzene rings is 1. The molecule has 0 aromatic heterocycles. The lowest BCUT2D eigenvalue weighted by molar-refractivity contribution is -0.132. The van der Waals surface area contributed by atoms with Gasteiger partial charge < -0.3 is 4.90 Å². The number of aryl methyl sites for hydroxylation is 2. The van der Waals surface area contributed by atoms with Crippen molar-refractivity contribution in [1.82, 2.24) is 14.5 Å². The Balaban J connectivity index is 1.77. The Morgan fingerprint density at radius 1 is 1.07 bits per heavy atom. The maximum atomic E-state index is 12.3. The van der Waals surface area contributed by atoms with E-state index in [1.54, 1.807) is 23.1 Å². The SMILES string of the molecule is Cc1ccc(S(=O)(=O)NCCC(=O)N2CCN(CCS(N)(=O)=O)CC2)cc1C. The number of sulfonamides is 2. The van der Waals surface area contributed by atoms with Gasteiger partial charge in [-0.15, -0.1) is 0 Å². The van der Waals surface area contributed by atoms with Crippen LogP contribution in [0.2, 0.25) is 0 Å². The molecule has 0 bridgehead atoms. The fraction of sp³-hybridized carbons (Fsp3) is 0.588. The molecule has 0 spiro atoms. The second kappa shape index (κ2) is 9.31. The number of carbonyl (C=O) groups excluding carboxylic acids is 1. The standard InChI is InChI=1S/C17H28N4O5S2/c1-14-3-4-16(13-15(14)2)28(25,26)19-6-5-17(22)21-9-7-20(8-10-21)11-12-27(18,23)24/h3-4,13,19H,5-12H2,1-2H3,(H2,18,23,24). The number of hydrogen-bond acceptors (Lipinski definition) is 6. The van der Waals surface area contributed by atoms with Crippen LogP contribution in [-0.4, -0.2) is 77.6 Å². The van der Waals surface area contributed by atoms with Gasteiger partial charge >= 0.3 is 0 Å². The predicted octanol–water partition coefficient (Wildman–Crippen LogP) is -0.595. The summed E-state index contributed by atoms with van der Waals surface area (Å²) in [6.45, 7) is 6.22. The van der Waals surface area contributed by atoms with Crippen molar-refractivity contribution in [3.8, 4) is 0 Å². The summed E-state index contributed by atoms with van der Waals surface area (Å²) in [4.78, 5) is 16.1. The molecule has 9 nitrogen and oxygen atoms in total. The second-order valence-electron chi connectivity index (χ2n) is 6.98. The number of nitrogens with two attached hydrogens (primary N) is 1. The number of amides is 1. The first-order valence-electron chi connectivity index (χ1n) is 9.05. The lowest BCUT2D eigenvalue weighted by atomic mass is 10.1. The molecule has 1 aliphatic rings. The molecule has 1 aliphatic heterocycles. The number of nitrogens with zero attached hydrogens (tertiary/aromatic N) is 2. The third-order valence-corrected chi connectivity index (χ3v) is 7.05. The first-order valence-corrected chi connectivity index (χ1v) is 12.3. The van der Waals surface area contributed by atoms with E-state index in [2.05, 4.69) is 4.72 Å². The molecule has 0 atom stereocenters. The quantitative estimate of drug-likeness (QED) is 0.564. The number of rotatable bonds is 8. The summed E-state index contributed by atoms with van der Waals surface area (Å²) in [5.41, 5.74) is 1.90. The van der Waals surface area contributed by atoms with E-state index >= 15 is 0 Å². The predicted molar refractivity (Wildman–Crippen MR) is 107 cm³/mol. The number of nitrogens with one attached hydrogen (secondary N) is 1. The van der Waals surface area contributed by atoms with Crippen molar-refractivity contribution in [3.05, 3.63) is 29.3 Å². The average Bonchev–Trinajstić information content (AvgIpc) is 2.61. The summed E-state index contributed by atoms with van der Waals surface area (Å²) >= 11 is 0. The lowest BCUT2D eigenvalue weighted by Gasteiger charge is -2.34. The van der Waals surface area contributed by atoms with Gasteiger partial charge in [-0.1, -0.05) is 6.07 Å². The number of hydrogen-bond donors (Lipinski definition) is 2. The van der Waals surface area contributed by atoms with Gasteiger partial charge in [0.1, 0.15) is 0 Å². The minimum absolute atomic E-state index is 0.0275. The monoisotopic (exact) mass is 432 g/mol. The molecule has 0 unspecified atom stereocenters. The highest BCUT2D eigenvalue weighted by Gasteiger charge is 2.22. The summed E-state index contributed by atoms with van der Waals surface area (Å²) in [6, 6.07) is 4.91.